The third-order valence-electron chi connectivity index (χ3n) is 4.45. The Bertz CT molecular complexity index is 780. The summed E-state index contributed by atoms with van der Waals surface area (Å²) in [4.78, 5) is 26.2. The molecule has 0 aliphatic rings. The maximum atomic E-state index is 12.1. The van der Waals surface area contributed by atoms with E-state index in [1.54, 1.807) is 12.1 Å². The number of anilines is 1. The van der Waals surface area contributed by atoms with Gasteiger partial charge in [0.15, 0.2) is 6.61 Å². The number of nitrogens with zero attached hydrogens (tertiary/aromatic N) is 1. The van der Waals surface area contributed by atoms with Gasteiger partial charge in [-0.05, 0) is 54.7 Å². The molecule has 1 atom stereocenters. The number of carbonyl (C=O) groups is 2. The predicted octanol–water partition coefficient (Wildman–Crippen LogP) is 3.99. The molecule has 5 nitrogen and oxygen atoms in total. The Balaban J connectivity index is 1.83. The smallest absolute Gasteiger partial charge is 0.338 e. The van der Waals surface area contributed by atoms with Gasteiger partial charge in [0, 0.05) is 19.8 Å². The van der Waals surface area contributed by atoms with Crippen molar-refractivity contribution in [3.63, 3.8) is 0 Å². The average Bonchev–Trinajstić information content (AvgIpc) is 2.66. The quantitative estimate of drug-likeness (QED) is 0.702. The summed E-state index contributed by atoms with van der Waals surface area (Å²) in [6.45, 7) is 5.99. The molecule has 1 N–H and O–H groups in total. The molecule has 0 heterocycles. The lowest BCUT2D eigenvalue weighted by Gasteiger charge is -2.15. The van der Waals surface area contributed by atoms with Crippen molar-refractivity contribution in [2.75, 3.05) is 25.6 Å². The maximum Gasteiger partial charge on any atom is 0.338 e. The molecular formula is C23H30N2O3. The monoisotopic (exact) mass is 382 g/mol. The summed E-state index contributed by atoms with van der Waals surface area (Å²) >= 11 is 0. The molecule has 0 saturated carbocycles. The molecule has 0 fully saturated rings. The first-order chi connectivity index (χ1) is 13.3. The second-order valence-corrected chi connectivity index (χ2v) is 7.65. The number of ether oxygens (including phenoxy) is 1. The van der Waals surface area contributed by atoms with Crippen LogP contribution in [0.5, 0.6) is 0 Å². The highest BCUT2D eigenvalue weighted by atomic mass is 16.5. The van der Waals surface area contributed by atoms with Gasteiger partial charge in [-0.15, -0.1) is 0 Å². The molecule has 0 spiro atoms. The van der Waals surface area contributed by atoms with Crippen LogP contribution in [0.2, 0.25) is 0 Å². The van der Waals surface area contributed by atoms with Gasteiger partial charge < -0.3 is 15.0 Å². The lowest BCUT2D eigenvalue weighted by molar-refractivity contribution is -0.124. The van der Waals surface area contributed by atoms with Gasteiger partial charge in [-0.2, -0.15) is 0 Å². The molecule has 0 aliphatic heterocycles. The standard InChI is InChI=1S/C23H30N2O3/c1-16(2)14-18-6-8-19(9-7-18)17(3)24-22(26)15-28-23(27)20-10-12-21(13-11-20)25(4)5/h6-13,16-17H,14-15H2,1-5H3,(H,24,26)/t17-/m0/s1. The van der Waals surface area contributed by atoms with E-state index in [1.807, 2.05) is 50.2 Å². The minimum atomic E-state index is -0.508. The van der Waals surface area contributed by atoms with Crippen LogP contribution in [-0.4, -0.2) is 32.6 Å². The Morgan fingerprint density at radius 2 is 1.57 bits per heavy atom. The van der Waals surface area contributed by atoms with Crippen molar-refractivity contribution < 1.29 is 14.3 Å². The molecule has 0 aliphatic carbocycles. The highest BCUT2D eigenvalue weighted by Crippen LogP contribution is 2.16. The van der Waals surface area contributed by atoms with E-state index in [2.05, 4.69) is 31.3 Å². The Morgan fingerprint density at radius 3 is 2.11 bits per heavy atom. The number of hydrogen-bond acceptors (Lipinski definition) is 4. The first-order valence-electron chi connectivity index (χ1n) is 9.59. The summed E-state index contributed by atoms with van der Waals surface area (Å²) in [6, 6.07) is 15.1. The molecule has 5 heteroatoms. The number of rotatable bonds is 8. The van der Waals surface area contributed by atoms with E-state index in [0.717, 1.165) is 17.7 Å². The van der Waals surface area contributed by atoms with Crippen LogP contribution in [0.25, 0.3) is 0 Å². The van der Waals surface area contributed by atoms with Crippen molar-refractivity contribution in [2.24, 2.45) is 5.92 Å². The van der Waals surface area contributed by atoms with Gasteiger partial charge in [-0.25, -0.2) is 4.79 Å². The summed E-state index contributed by atoms with van der Waals surface area (Å²) in [7, 11) is 3.85. The number of hydrogen-bond donors (Lipinski definition) is 1. The summed E-state index contributed by atoms with van der Waals surface area (Å²) in [5.74, 6) is -0.222. The normalized spacial score (nSPS) is 11.8. The maximum absolute atomic E-state index is 12.1. The van der Waals surface area contributed by atoms with Crippen LogP contribution in [-0.2, 0) is 16.0 Å². The zero-order valence-electron chi connectivity index (χ0n) is 17.4. The zero-order chi connectivity index (χ0) is 20.7. The number of nitrogens with one attached hydrogen (secondary N) is 1. The Kier molecular flexibility index (Phi) is 7.61. The number of amides is 1. The van der Waals surface area contributed by atoms with Crippen LogP contribution in [0.3, 0.4) is 0 Å². The number of benzene rings is 2. The van der Waals surface area contributed by atoms with Crippen LogP contribution < -0.4 is 10.2 Å². The minimum Gasteiger partial charge on any atom is -0.452 e. The lowest BCUT2D eigenvalue weighted by Crippen LogP contribution is -2.31. The number of carbonyl (C=O) groups excluding carboxylic acids is 2. The molecule has 0 unspecified atom stereocenters. The van der Waals surface area contributed by atoms with E-state index in [9.17, 15) is 9.59 Å². The van der Waals surface area contributed by atoms with Gasteiger partial charge in [-0.3, -0.25) is 4.79 Å². The van der Waals surface area contributed by atoms with Crippen LogP contribution in [0.1, 0.15) is 48.3 Å². The van der Waals surface area contributed by atoms with Crippen molar-refractivity contribution in [2.45, 2.75) is 33.2 Å². The van der Waals surface area contributed by atoms with Crippen LogP contribution in [0.4, 0.5) is 5.69 Å². The van der Waals surface area contributed by atoms with Gasteiger partial charge in [0.1, 0.15) is 0 Å². The summed E-state index contributed by atoms with van der Waals surface area (Å²) in [5, 5.41) is 2.86. The van der Waals surface area contributed by atoms with E-state index in [-0.39, 0.29) is 18.6 Å². The summed E-state index contributed by atoms with van der Waals surface area (Å²) in [5.41, 5.74) is 3.72. The van der Waals surface area contributed by atoms with E-state index < -0.39 is 5.97 Å². The molecule has 150 valence electrons. The van der Waals surface area contributed by atoms with Crippen LogP contribution in [0, 0.1) is 5.92 Å². The molecule has 0 aromatic heterocycles. The topological polar surface area (TPSA) is 58.6 Å². The van der Waals surface area contributed by atoms with Gasteiger partial charge in [0.05, 0.1) is 11.6 Å². The molecule has 0 radical (unpaired) electrons. The van der Waals surface area contributed by atoms with Gasteiger partial charge in [-0.1, -0.05) is 38.1 Å². The van der Waals surface area contributed by atoms with E-state index in [4.69, 9.17) is 4.74 Å². The lowest BCUT2D eigenvalue weighted by atomic mass is 10.00. The molecule has 2 aromatic carbocycles. The first kappa shape index (κ1) is 21.5. The van der Waals surface area contributed by atoms with E-state index in [0.29, 0.717) is 11.5 Å². The first-order valence-corrected chi connectivity index (χ1v) is 9.59. The van der Waals surface area contributed by atoms with E-state index in [1.165, 1.54) is 5.56 Å². The molecule has 2 aromatic rings. The molecule has 0 bridgehead atoms. The summed E-state index contributed by atoms with van der Waals surface area (Å²) < 4.78 is 5.13. The number of esters is 1. The molecule has 2 rings (SSSR count). The van der Waals surface area contributed by atoms with Crippen molar-refractivity contribution in [1.29, 1.82) is 0 Å². The third kappa shape index (κ3) is 6.41. The van der Waals surface area contributed by atoms with Gasteiger partial charge in [0.25, 0.3) is 5.91 Å². The highest BCUT2D eigenvalue weighted by Gasteiger charge is 2.13. The Hall–Kier alpha value is -2.82. The van der Waals surface area contributed by atoms with Crippen molar-refractivity contribution in [1.82, 2.24) is 5.32 Å². The average molecular weight is 383 g/mol. The van der Waals surface area contributed by atoms with Crippen molar-refractivity contribution >= 4 is 17.6 Å². The fourth-order valence-corrected chi connectivity index (χ4v) is 2.89. The fraction of sp³-hybridized carbons (Fsp3) is 0.391. The Labute approximate surface area is 167 Å². The SMILES string of the molecule is CC(C)Cc1ccc([C@H](C)NC(=O)COC(=O)c2ccc(N(C)C)cc2)cc1. The fourth-order valence-electron chi connectivity index (χ4n) is 2.89. The van der Waals surface area contributed by atoms with Crippen molar-refractivity contribution in [3.8, 4) is 0 Å². The largest absolute Gasteiger partial charge is 0.452 e. The molecular weight excluding hydrogens is 352 g/mol. The molecule has 0 saturated heterocycles. The van der Waals surface area contributed by atoms with E-state index >= 15 is 0 Å². The van der Waals surface area contributed by atoms with Gasteiger partial charge >= 0.3 is 5.97 Å². The van der Waals surface area contributed by atoms with Gasteiger partial charge in [0.2, 0.25) is 0 Å². The van der Waals surface area contributed by atoms with Crippen molar-refractivity contribution in [3.05, 3.63) is 65.2 Å². The summed E-state index contributed by atoms with van der Waals surface area (Å²) in [6.07, 6.45) is 1.03. The Morgan fingerprint density at radius 1 is 0.964 bits per heavy atom. The molecule has 28 heavy (non-hydrogen) atoms. The van der Waals surface area contributed by atoms with Crippen LogP contribution >= 0.6 is 0 Å². The second-order valence-electron chi connectivity index (χ2n) is 7.65. The minimum absolute atomic E-state index is 0.154. The highest BCUT2D eigenvalue weighted by molar-refractivity contribution is 5.91. The second kappa shape index (κ2) is 9.93. The van der Waals surface area contributed by atoms with Crippen LogP contribution in [0.15, 0.2) is 48.5 Å². The molecule has 1 amide bonds. The predicted molar refractivity (Wildman–Crippen MR) is 113 cm³/mol. The zero-order valence-corrected chi connectivity index (χ0v) is 17.4. The third-order valence-corrected chi connectivity index (χ3v) is 4.45.